The number of hydrogen-bond acceptors (Lipinski definition) is 5. The molecule has 0 aliphatic heterocycles. The lowest BCUT2D eigenvalue weighted by atomic mass is 10.1. The fraction of sp³-hybridized carbons (Fsp3) is 0.235. The smallest absolute Gasteiger partial charge is 0.293 e. The van der Waals surface area contributed by atoms with Crippen LogP contribution in [0.5, 0.6) is 11.5 Å². The normalized spacial score (nSPS) is 10.2. The zero-order chi connectivity index (χ0) is 17.9. The van der Waals surface area contributed by atoms with E-state index in [4.69, 9.17) is 9.47 Å². The number of methoxy groups -OCH3 is 2. The molecule has 0 radical (unpaired) electrons. The number of ether oxygens (including phenoxy) is 2. The molecule has 2 rings (SSSR count). The average molecular weight is 330 g/mol. The Bertz CT molecular complexity index is 780. The average Bonchev–Trinajstić information content (AvgIpc) is 2.58. The van der Waals surface area contributed by atoms with Gasteiger partial charge in [-0.25, -0.2) is 0 Å². The molecule has 1 amide bonds. The zero-order valence-electron chi connectivity index (χ0n) is 13.9. The Morgan fingerprint density at radius 3 is 2.17 bits per heavy atom. The summed E-state index contributed by atoms with van der Waals surface area (Å²) in [5, 5.41) is 13.8. The van der Waals surface area contributed by atoms with Crippen molar-refractivity contribution < 1.29 is 19.2 Å². The van der Waals surface area contributed by atoms with Gasteiger partial charge >= 0.3 is 0 Å². The number of nitro groups is 1. The minimum absolute atomic E-state index is 0.152. The van der Waals surface area contributed by atoms with Crippen LogP contribution in [0.1, 0.15) is 21.5 Å². The maximum atomic E-state index is 12.5. The Hall–Kier alpha value is -3.09. The highest BCUT2D eigenvalue weighted by atomic mass is 16.6. The van der Waals surface area contributed by atoms with E-state index in [-0.39, 0.29) is 16.9 Å². The second kappa shape index (κ2) is 6.99. The van der Waals surface area contributed by atoms with Gasteiger partial charge in [0, 0.05) is 17.7 Å². The van der Waals surface area contributed by atoms with Gasteiger partial charge in [0.25, 0.3) is 11.6 Å². The van der Waals surface area contributed by atoms with Crippen molar-refractivity contribution in [1.82, 2.24) is 0 Å². The molecular formula is C17H18N2O5. The molecule has 0 atom stereocenters. The standard InChI is InChI=1S/C17H18N2O5/c1-10-5-6-15(19(21)22)16(11(10)2)18-17(20)12-7-13(23-3)9-14(8-12)24-4/h5-9H,1-4H3,(H,18,20). The number of aryl methyl sites for hydroxylation is 1. The summed E-state index contributed by atoms with van der Waals surface area (Å²) in [4.78, 5) is 23.2. The van der Waals surface area contributed by atoms with Crippen LogP contribution >= 0.6 is 0 Å². The van der Waals surface area contributed by atoms with E-state index in [1.54, 1.807) is 19.1 Å². The molecular weight excluding hydrogens is 312 g/mol. The topological polar surface area (TPSA) is 90.7 Å². The number of carbonyl (C=O) groups is 1. The summed E-state index contributed by atoms with van der Waals surface area (Å²) in [5.41, 5.74) is 1.81. The lowest BCUT2D eigenvalue weighted by Gasteiger charge is -2.12. The molecule has 2 aromatic rings. The van der Waals surface area contributed by atoms with Gasteiger partial charge in [-0.1, -0.05) is 6.07 Å². The summed E-state index contributed by atoms with van der Waals surface area (Å²) in [6, 6.07) is 7.74. The first kappa shape index (κ1) is 17.3. The summed E-state index contributed by atoms with van der Waals surface area (Å²) in [6.45, 7) is 3.55. The molecule has 0 aliphatic carbocycles. The van der Waals surface area contributed by atoms with Crippen LogP contribution in [0.2, 0.25) is 0 Å². The lowest BCUT2D eigenvalue weighted by Crippen LogP contribution is -2.15. The lowest BCUT2D eigenvalue weighted by molar-refractivity contribution is -0.384. The first-order valence-corrected chi connectivity index (χ1v) is 7.16. The van der Waals surface area contributed by atoms with E-state index in [0.29, 0.717) is 17.1 Å². The van der Waals surface area contributed by atoms with Gasteiger partial charge < -0.3 is 14.8 Å². The maximum Gasteiger partial charge on any atom is 0.293 e. The first-order valence-electron chi connectivity index (χ1n) is 7.16. The highest BCUT2D eigenvalue weighted by molar-refractivity contribution is 6.06. The molecule has 7 heteroatoms. The van der Waals surface area contributed by atoms with Gasteiger partial charge in [-0.05, 0) is 37.1 Å². The number of amides is 1. The highest BCUT2D eigenvalue weighted by Gasteiger charge is 2.20. The number of nitrogens with one attached hydrogen (secondary N) is 1. The number of carbonyl (C=O) groups excluding carboxylic acids is 1. The van der Waals surface area contributed by atoms with Crippen LogP contribution in [-0.2, 0) is 0 Å². The number of nitro benzene ring substituents is 1. The Morgan fingerprint density at radius 1 is 1.08 bits per heavy atom. The molecule has 2 aromatic carbocycles. The van der Waals surface area contributed by atoms with E-state index in [0.717, 1.165) is 5.56 Å². The quantitative estimate of drug-likeness (QED) is 0.669. The molecule has 0 aromatic heterocycles. The van der Waals surface area contributed by atoms with E-state index < -0.39 is 10.8 Å². The van der Waals surface area contributed by atoms with Gasteiger partial charge in [-0.2, -0.15) is 0 Å². The molecule has 0 heterocycles. The van der Waals surface area contributed by atoms with Gasteiger partial charge in [0.15, 0.2) is 0 Å². The molecule has 126 valence electrons. The van der Waals surface area contributed by atoms with Crippen LogP contribution in [0.3, 0.4) is 0 Å². The van der Waals surface area contributed by atoms with Crippen LogP contribution in [0, 0.1) is 24.0 Å². The van der Waals surface area contributed by atoms with Crippen LogP contribution < -0.4 is 14.8 Å². The SMILES string of the molecule is COc1cc(OC)cc(C(=O)Nc2c([N+](=O)[O-])ccc(C)c2C)c1. The van der Waals surface area contributed by atoms with E-state index in [1.807, 2.05) is 6.92 Å². The summed E-state index contributed by atoms with van der Waals surface area (Å²) in [6.07, 6.45) is 0. The molecule has 0 unspecified atom stereocenters. The minimum atomic E-state index is -0.520. The molecule has 0 fully saturated rings. The van der Waals surface area contributed by atoms with Crippen LogP contribution in [-0.4, -0.2) is 25.1 Å². The number of hydrogen-bond donors (Lipinski definition) is 1. The third-order valence-electron chi connectivity index (χ3n) is 3.76. The number of rotatable bonds is 5. The summed E-state index contributed by atoms with van der Waals surface area (Å²) in [5.74, 6) is 0.425. The van der Waals surface area contributed by atoms with Crippen molar-refractivity contribution in [2.24, 2.45) is 0 Å². The second-order valence-electron chi connectivity index (χ2n) is 5.21. The third-order valence-corrected chi connectivity index (χ3v) is 3.76. The van der Waals surface area contributed by atoms with Gasteiger partial charge in [0.2, 0.25) is 0 Å². The molecule has 0 saturated heterocycles. The fourth-order valence-corrected chi connectivity index (χ4v) is 2.24. The Balaban J connectivity index is 2.44. The molecule has 0 spiro atoms. The largest absolute Gasteiger partial charge is 0.497 e. The maximum absolute atomic E-state index is 12.5. The Morgan fingerprint density at radius 2 is 1.67 bits per heavy atom. The minimum Gasteiger partial charge on any atom is -0.497 e. The number of nitrogens with zero attached hydrogens (tertiary/aromatic N) is 1. The first-order chi connectivity index (χ1) is 11.4. The summed E-state index contributed by atoms with van der Waals surface area (Å²) in [7, 11) is 2.96. The van der Waals surface area contributed by atoms with Crippen LogP contribution in [0.15, 0.2) is 30.3 Å². The highest BCUT2D eigenvalue weighted by Crippen LogP contribution is 2.31. The van der Waals surface area contributed by atoms with Gasteiger partial charge in [-0.15, -0.1) is 0 Å². The second-order valence-corrected chi connectivity index (χ2v) is 5.21. The number of benzene rings is 2. The van der Waals surface area contributed by atoms with Gasteiger partial charge in [-0.3, -0.25) is 14.9 Å². The van der Waals surface area contributed by atoms with Crippen molar-refractivity contribution >= 4 is 17.3 Å². The van der Waals surface area contributed by atoms with Crippen molar-refractivity contribution in [2.45, 2.75) is 13.8 Å². The monoisotopic (exact) mass is 330 g/mol. The third kappa shape index (κ3) is 3.45. The molecule has 1 N–H and O–H groups in total. The molecule has 0 aliphatic rings. The van der Waals surface area contributed by atoms with Crippen molar-refractivity contribution in [1.29, 1.82) is 0 Å². The fourth-order valence-electron chi connectivity index (χ4n) is 2.24. The molecule has 7 nitrogen and oxygen atoms in total. The zero-order valence-corrected chi connectivity index (χ0v) is 13.9. The van der Waals surface area contributed by atoms with Gasteiger partial charge in [0.05, 0.1) is 19.1 Å². The van der Waals surface area contributed by atoms with Crippen molar-refractivity contribution in [2.75, 3.05) is 19.5 Å². The number of anilines is 1. The Labute approximate surface area is 139 Å². The molecule has 0 saturated carbocycles. The van der Waals surface area contributed by atoms with E-state index >= 15 is 0 Å². The van der Waals surface area contributed by atoms with Crippen molar-refractivity contribution in [3.05, 3.63) is 57.1 Å². The van der Waals surface area contributed by atoms with Crippen molar-refractivity contribution in [3.8, 4) is 11.5 Å². The van der Waals surface area contributed by atoms with E-state index in [2.05, 4.69) is 5.32 Å². The molecule has 0 bridgehead atoms. The predicted molar refractivity (Wildman–Crippen MR) is 90.1 cm³/mol. The summed E-state index contributed by atoms with van der Waals surface area (Å²) < 4.78 is 10.3. The van der Waals surface area contributed by atoms with Gasteiger partial charge in [0.1, 0.15) is 17.2 Å². The Kier molecular flexibility index (Phi) is 5.03. The van der Waals surface area contributed by atoms with E-state index in [9.17, 15) is 14.9 Å². The summed E-state index contributed by atoms with van der Waals surface area (Å²) >= 11 is 0. The van der Waals surface area contributed by atoms with Crippen LogP contribution in [0.4, 0.5) is 11.4 Å². The predicted octanol–water partition coefficient (Wildman–Crippen LogP) is 3.48. The molecule has 24 heavy (non-hydrogen) atoms. The van der Waals surface area contributed by atoms with Crippen molar-refractivity contribution in [3.63, 3.8) is 0 Å². The van der Waals surface area contributed by atoms with E-state index in [1.165, 1.54) is 32.4 Å². The van der Waals surface area contributed by atoms with Crippen LogP contribution in [0.25, 0.3) is 0 Å².